The Kier molecular flexibility index (Phi) is 11.0. The van der Waals surface area contributed by atoms with Crippen molar-refractivity contribution in [3.8, 4) is 23.8 Å². The third-order valence-electron chi connectivity index (χ3n) is 8.47. The molecule has 0 radical (unpaired) electrons. The number of nitrogens with one attached hydrogen (secondary N) is 1. The first-order valence-corrected chi connectivity index (χ1v) is 16.2. The van der Waals surface area contributed by atoms with E-state index in [1.165, 1.54) is 30.7 Å². The number of nitrogens with two attached hydrogens (primary N) is 1. The Hall–Kier alpha value is -4.85. The smallest absolute Gasteiger partial charge is 0.338 e. The van der Waals surface area contributed by atoms with Gasteiger partial charge in [0.05, 0.1) is 11.8 Å². The summed E-state index contributed by atoms with van der Waals surface area (Å²) in [6.45, 7) is 5.26. The fraction of sp³-hybridized carbons (Fsp3) is 0.342. The molecule has 0 spiro atoms. The van der Waals surface area contributed by atoms with Crippen molar-refractivity contribution in [1.82, 2.24) is 15.2 Å². The van der Waals surface area contributed by atoms with Crippen molar-refractivity contribution in [1.29, 1.82) is 0 Å². The summed E-state index contributed by atoms with van der Waals surface area (Å²) in [5.74, 6) is 0.500. The van der Waals surface area contributed by atoms with E-state index in [2.05, 4.69) is 16.2 Å². The maximum Gasteiger partial charge on any atom is 0.338 e. The van der Waals surface area contributed by atoms with Crippen LogP contribution in [0.15, 0.2) is 77.5 Å². The minimum absolute atomic E-state index is 0.0387. The number of ether oxygens (including phenoxy) is 1. The Morgan fingerprint density at radius 1 is 1.06 bits per heavy atom. The summed E-state index contributed by atoms with van der Waals surface area (Å²) >= 11 is 0. The average Bonchev–Trinajstić information content (AvgIpc) is 3.67. The second kappa shape index (κ2) is 15.4. The molecule has 0 saturated heterocycles. The van der Waals surface area contributed by atoms with Crippen LogP contribution in [0, 0.1) is 24.0 Å². The van der Waals surface area contributed by atoms with Gasteiger partial charge in [0.1, 0.15) is 24.0 Å². The lowest BCUT2D eigenvalue weighted by molar-refractivity contribution is 0.0228. The largest absolute Gasteiger partial charge is 0.456 e. The minimum Gasteiger partial charge on any atom is -0.456 e. The van der Waals surface area contributed by atoms with Crippen LogP contribution in [0.3, 0.4) is 0 Å². The molecular formula is C38H40F2N4O4. The van der Waals surface area contributed by atoms with Gasteiger partial charge in [-0.15, -0.1) is 6.42 Å². The molecule has 2 atom stereocenters. The molecule has 5 rings (SSSR count). The van der Waals surface area contributed by atoms with Gasteiger partial charge in [-0.25, -0.2) is 18.6 Å². The highest BCUT2D eigenvalue weighted by Gasteiger charge is 2.44. The zero-order chi connectivity index (χ0) is 34.3. The predicted molar refractivity (Wildman–Crippen MR) is 179 cm³/mol. The molecule has 4 aromatic rings. The molecule has 2 unspecified atom stereocenters. The van der Waals surface area contributed by atoms with Gasteiger partial charge in [-0.05, 0) is 85.7 Å². The Bertz CT molecular complexity index is 1760. The van der Waals surface area contributed by atoms with Gasteiger partial charge < -0.3 is 25.1 Å². The van der Waals surface area contributed by atoms with Crippen LogP contribution in [-0.2, 0) is 16.7 Å². The normalized spacial score (nSPS) is 14.5. The van der Waals surface area contributed by atoms with Crippen LogP contribution in [0.1, 0.15) is 76.9 Å². The summed E-state index contributed by atoms with van der Waals surface area (Å²) in [6, 6.07) is 14.8. The second-order valence-corrected chi connectivity index (χ2v) is 12.2. The summed E-state index contributed by atoms with van der Waals surface area (Å²) in [5.41, 5.74) is 9.17. The topological polar surface area (TPSA) is 111 Å². The highest BCUT2D eigenvalue weighted by molar-refractivity contribution is 5.99. The number of hydrogen-bond acceptors (Lipinski definition) is 7. The maximum atomic E-state index is 14.0. The quantitative estimate of drug-likeness (QED) is 0.115. The van der Waals surface area contributed by atoms with E-state index < -0.39 is 29.7 Å². The molecule has 10 heteroatoms. The highest BCUT2D eigenvalue weighted by Crippen LogP contribution is 2.45. The van der Waals surface area contributed by atoms with E-state index in [4.69, 9.17) is 21.3 Å². The average molecular weight is 655 g/mol. The van der Waals surface area contributed by atoms with Crippen LogP contribution in [0.25, 0.3) is 11.5 Å². The zero-order valence-corrected chi connectivity index (χ0v) is 27.2. The van der Waals surface area contributed by atoms with E-state index in [9.17, 15) is 18.4 Å². The second-order valence-electron chi connectivity index (χ2n) is 12.2. The molecule has 0 bridgehead atoms. The Balaban J connectivity index is 1.44. The molecule has 1 heterocycles. The monoisotopic (exact) mass is 654 g/mol. The summed E-state index contributed by atoms with van der Waals surface area (Å²) in [7, 11) is 0. The molecule has 1 aromatic heterocycles. The first kappa shape index (κ1) is 34.5. The van der Waals surface area contributed by atoms with Crippen LogP contribution >= 0.6 is 0 Å². The van der Waals surface area contributed by atoms with Crippen molar-refractivity contribution in [2.75, 3.05) is 19.6 Å². The molecule has 3 N–H and O–H groups in total. The van der Waals surface area contributed by atoms with Gasteiger partial charge in [0.25, 0.3) is 5.91 Å². The molecule has 3 aromatic carbocycles. The van der Waals surface area contributed by atoms with Crippen LogP contribution in [0.5, 0.6) is 0 Å². The van der Waals surface area contributed by atoms with Crippen molar-refractivity contribution >= 4 is 11.9 Å². The number of oxazole rings is 1. The van der Waals surface area contributed by atoms with E-state index in [1.54, 1.807) is 17.0 Å². The third kappa shape index (κ3) is 8.35. The van der Waals surface area contributed by atoms with E-state index in [1.807, 2.05) is 38.1 Å². The fourth-order valence-electron chi connectivity index (χ4n) is 5.91. The number of nitrogens with zero attached hydrogens (tertiary/aromatic N) is 2. The highest BCUT2D eigenvalue weighted by atomic mass is 19.1. The predicted octanol–water partition coefficient (Wildman–Crippen LogP) is 6.24. The van der Waals surface area contributed by atoms with Gasteiger partial charge in [0.15, 0.2) is 0 Å². The number of hydrogen-bond donors (Lipinski definition) is 2. The fourth-order valence-corrected chi connectivity index (χ4v) is 5.91. The molecule has 48 heavy (non-hydrogen) atoms. The number of esters is 1. The molecule has 1 fully saturated rings. The lowest BCUT2D eigenvalue weighted by Gasteiger charge is -2.28. The number of halogens is 2. The number of aromatic nitrogens is 1. The Morgan fingerprint density at radius 3 is 2.40 bits per heavy atom. The standard InChI is InChI=1S/C38H40F2N4O4/c1-4-13-44(14-5-2)36(45)28-20-27(35-42-12-15-47-35)21-29(22-28)37(46)48-34(33(41)19-26-17-31(39)23-32(40)18-26)24-43-38(10-11-38)30-9-7-8-25(6-3)16-30/h3,7-9,12,15-18,20-23,33-34,43H,4-5,10-11,13-14,19,24,41H2,1-2H3. The van der Waals surface area contributed by atoms with E-state index in [-0.39, 0.29) is 35.9 Å². The number of amides is 1. The van der Waals surface area contributed by atoms with E-state index in [0.717, 1.165) is 42.9 Å². The van der Waals surface area contributed by atoms with Gasteiger partial charge in [-0.3, -0.25) is 4.79 Å². The molecule has 8 nitrogen and oxygen atoms in total. The first-order valence-electron chi connectivity index (χ1n) is 16.2. The van der Waals surface area contributed by atoms with Crippen LogP contribution in [0.2, 0.25) is 0 Å². The van der Waals surface area contributed by atoms with Crippen LogP contribution in [0.4, 0.5) is 8.78 Å². The van der Waals surface area contributed by atoms with Crippen molar-refractivity contribution in [3.63, 3.8) is 0 Å². The SMILES string of the molecule is C#Cc1cccc(C2(NCC(OC(=O)c3cc(C(=O)N(CCC)CCC)cc(-c4ncco4)c3)C(N)Cc3cc(F)cc(F)c3)CC2)c1. The van der Waals surface area contributed by atoms with Gasteiger partial charge in [0, 0.05) is 54.0 Å². The van der Waals surface area contributed by atoms with Crippen LogP contribution in [-0.4, -0.2) is 53.5 Å². The number of carbonyl (C=O) groups is 2. The van der Waals surface area contributed by atoms with Crippen molar-refractivity contribution in [2.24, 2.45) is 5.73 Å². The Labute approximate surface area is 279 Å². The number of rotatable bonds is 15. The number of benzene rings is 3. The lowest BCUT2D eigenvalue weighted by Crippen LogP contribution is -2.48. The molecule has 1 aliphatic carbocycles. The minimum atomic E-state index is -0.918. The van der Waals surface area contributed by atoms with Crippen molar-refractivity contribution < 1.29 is 27.5 Å². The molecular weight excluding hydrogens is 614 g/mol. The number of carbonyl (C=O) groups excluding carboxylic acids is 2. The lowest BCUT2D eigenvalue weighted by atomic mass is 9.99. The summed E-state index contributed by atoms with van der Waals surface area (Å²) < 4.78 is 39.7. The van der Waals surface area contributed by atoms with Gasteiger partial charge in [-0.1, -0.05) is 31.9 Å². The first-order chi connectivity index (χ1) is 23.1. The molecule has 0 aliphatic heterocycles. The molecule has 1 aliphatic rings. The van der Waals surface area contributed by atoms with E-state index in [0.29, 0.717) is 29.8 Å². The van der Waals surface area contributed by atoms with Gasteiger partial charge in [0.2, 0.25) is 5.89 Å². The van der Waals surface area contributed by atoms with Crippen LogP contribution < -0.4 is 11.1 Å². The number of terminal acetylenes is 1. The van der Waals surface area contributed by atoms with Crippen molar-refractivity contribution in [2.45, 2.75) is 63.6 Å². The Morgan fingerprint density at radius 2 is 1.77 bits per heavy atom. The van der Waals surface area contributed by atoms with Gasteiger partial charge in [-0.2, -0.15) is 0 Å². The maximum absolute atomic E-state index is 14.0. The van der Waals surface area contributed by atoms with Gasteiger partial charge >= 0.3 is 5.97 Å². The summed E-state index contributed by atoms with van der Waals surface area (Å²) in [4.78, 5) is 33.5. The molecule has 1 saturated carbocycles. The third-order valence-corrected chi connectivity index (χ3v) is 8.47. The van der Waals surface area contributed by atoms with E-state index >= 15 is 0 Å². The van der Waals surface area contributed by atoms with Crippen molar-refractivity contribution in [3.05, 3.63) is 113 Å². The molecule has 250 valence electrons. The summed E-state index contributed by atoms with van der Waals surface area (Å²) in [6.07, 6.45) is 10.9. The molecule has 1 amide bonds. The summed E-state index contributed by atoms with van der Waals surface area (Å²) in [5, 5.41) is 3.53. The zero-order valence-electron chi connectivity index (χ0n) is 27.2.